The van der Waals surface area contributed by atoms with Crippen LogP contribution in [0.25, 0.3) is 0 Å². The van der Waals surface area contributed by atoms with Gasteiger partial charge in [-0.15, -0.1) is 12.4 Å². The lowest BCUT2D eigenvalue weighted by Crippen LogP contribution is -2.49. The fourth-order valence-corrected chi connectivity index (χ4v) is 1.70. The maximum Gasteiger partial charge on any atom is 0.335 e. The summed E-state index contributed by atoms with van der Waals surface area (Å²) in [6.07, 6.45) is 0.600. The van der Waals surface area contributed by atoms with Crippen LogP contribution in [0.4, 0.5) is 0 Å². The Hall–Kier alpha value is -0.360. The molecule has 1 fully saturated rings. The molecule has 0 aromatic rings. The van der Waals surface area contributed by atoms with Crippen molar-refractivity contribution >= 4 is 18.4 Å². The predicted molar refractivity (Wildman–Crippen MR) is 62.0 cm³/mol. The van der Waals surface area contributed by atoms with Gasteiger partial charge in [-0.1, -0.05) is 0 Å². The molecule has 0 aromatic carbocycles. The Balaban J connectivity index is 0.00000225. The number of ether oxygens (including phenoxy) is 1. The Morgan fingerprint density at radius 2 is 2.00 bits per heavy atom. The van der Waals surface area contributed by atoms with Crippen molar-refractivity contribution in [1.82, 2.24) is 4.90 Å². The van der Waals surface area contributed by atoms with Crippen LogP contribution in [0, 0.1) is 0 Å². The van der Waals surface area contributed by atoms with Crippen molar-refractivity contribution in [1.29, 1.82) is 0 Å². The van der Waals surface area contributed by atoms with Gasteiger partial charge in [-0.3, -0.25) is 0 Å². The van der Waals surface area contributed by atoms with Crippen molar-refractivity contribution in [2.24, 2.45) is 0 Å². The molecule has 0 aromatic heterocycles. The molecule has 0 bridgehead atoms. The maximum absolute atomic E-state index is 10.7. The second kappa shape index (κ2) is 7.06. The summed E-state index contributed by atoms with van der Waals surface area (Å²) >= 11 is 0. The number of piperidine rings is 1. The first-order valence-corrected chi connectivity index (χ1v) is 5.34. The molecule has 0 spiro atoms. The minimum absolute atomic E-state index is 0. The molecule has 1 rings (SSSR count). The van der Waals surface area contributed by atoms with E-state index in [-0.39, 0.29) is 12.4 Å². The second-order valence-corrected chi connectivity index (χ2v) is 3.88. The Kier molecular flexibility index (Phi) is 6.90. The minimum Gasteiger partial charge on any atom is -0.479 e. The lowest BCUT2D eigenvalue weighted by Gasteiger charge is -2.35. The van der Waals surface area contributed by atoms with Gasteiger partial charge >= 0.3 is 5.97 Å². The summed E-state index contributed by atoms with van der Waals surface area (Å²) in [5.74, 6) is -1.10. The molecule has 0 aliphatic carbocycles. The van der Waals surface area contributed by atoms with Crippen LogP contribution in [-0.2, 0) is 9.53 Å². The number of aliphatic hydroxyl groups is 1. The Morgan fingerprint density at radius 3 is 2.44 bits per heavy atom. The van der Waals surface area contributed by atoms with E-state index in [1.807, 2.05) is 6.92 Å². The van der Waals surface area contributed by atoms with E-state index in [1.54, 1.807) is 0 Å². The number of rotatable bonds is 5. The molecule has 0 amide bonds. The fraction of sp³-hybridized carbons (Fsp3) is 0.900. The average Bonchev–Trinajstić information content (AvgIpc) is 2.21. The molecule has 1 aliphatic heterocycles. The van der Waals surface area contributed by atoms with Crippen LogP contribution >= 0.6 is 12.4 Å². The Morgan fingerprint density at radius 1 is 1.44 bits per heavy atom. The molecule has 96 valence electrons. The number of carboxylic acid groups (broad SMARTS) is 1. The monoisotopic (exact) mass is 253 g/mol. The van der Waals surface area contributed by atoms with Crippen molar-refractivity contribution < 1.29 is 19.7 Å². The Labute approximate surface area is 102 Å². The Bertz CT molecular complexity index is 217. The summed E-state index contributed by atoms with van der Waals surface area (Å²) in [4.78, 5) is 12.9. The number of nitrogens with zero attached hydrogens (tertiary/aromatic N) is 1. The molecule has 1 heterocycles. The van der Waals surface area contributed by atoms with Crippen molar-refractivity contribution in [3.63, 3.8) is 0 Å². The summed E-state index contributed by atoms with van der Waals surface area (Å²) in [6, 6.07) is 0. The number of likely N-dealkylation sites (tertiary alicyclic amines) is 1. The largest absolute Gasteiger partial charge is 0.479 e. The third-order valence-corrected chi connectivity index (χ3v) is 2.84. The number of hydrogen-bond acceptors (Lipinski definition) is 4. The first-order chi connectivity index (χ1) is 7.08. The van der Waals surface area contributed by atoms with Crippen molar-refractivity contribution in [3.8, 4) is 0 Å². The summed E-state index contributed by atoms with van der Waals surface area (Å²) < 4.78 is 5.22. The van der Waals surface area contributed by atoms with E-state index in [9.17, 15) is 9.90 Å². The van der Waals surface area contributed by atoms with Crippen LogP contribution in [0.15, 0.2) is 0 Å². The van der Waals surface area contributed by atoms with Gasteiger partial charge in [-0.25, -0.2) is 4.79 Å². The number of halogens is 1. The first kappa shape index (κ1) is 15.6. The van der Waals surface area contributed by atoms with Crippen LogP contribution in [0.5, 0.6) is 0 Å². The van der Waals surface area contributed by atoms with Crippen LogP contribution < -0.4 is 0 Å². The molecular weight excluding hydrogens is 234 g/mol. The highest BCUT2D eigenvalue weighted by atomic mass is 35.5. The number of carbonyl (C=O) groups is 1. The molecule has 0 saturated carbocycles. The van der Waals surface area contributed by atoms with Crippen LogP contribution in [0.2, 0.25) is 0 Å². The van der Waals surface area contributed by atoms with E-state index < -0.39 is 11.6 Å². The summed E-state index contributed by atoms with van der Waals surface area (Å²) in [5.41, 5.74) is -1.51. The normalized spacial score (nSPS) is 20.1. The highest BCUT2D eigenvalue weighted by Gasteiger charge is 2.39. The zero-order valence-electron chi connectivity index (χ0n) is 9.52. The standard InChI is InChI=1S/C10H19NO4.ClH/c1-2-15-8-7-11-5-3-10(14,4-6-11)9(12)13;/h14H,2-8H2,1H3,(H,12,13);1H. The van der Waals surface area contributed by atoms with Gasteiger partial charge in [-0.05, 0) is 19.8 Å². The van der Waals surface area contributed by atoms with Gasteiger partial charge in [0.05, 0.1) is 6.61 Å². The van der Waals surface area contributed by atoms with Gasteiger partial charge in [0, 0.05) is 26.2 Å². The van der Waals surface area contributed by atoms with Crippen LogP contribution in [0.1, 0.15) is 19.8 Å². The summed E-state index contributed by atoms with van der Waals surface area (Å²) in [7, 11) is 0. The first-order valence-electron chi connectivity index (χ1n) is 5.34. The third-order valence-electron chi connectivity index (χ3n) is 2.84. The van der Waals surface area contributed by atoms with Gasteiger partial charge in [0.15, 0.2) is 5.60 Å². The zero-order chi connectivity index (χ0) is 11.3. The van der Waals surface area contributed by atoms with Gasteiger partial charge in [-0.2, -0.15) is 0 Å². The SMILES string of the molecule is CCOCCN1CCC(O)(C(=O)O)CC1.Cl. The zero-order valence-corrected chi connectivity index (χ0v) is 10.3. The lowest BCUT2D eigenvalue weighted by molar-refractivity contribution is -0.163. The van der Waals surface area contributed by atoms with E-state index in [0.29, 0.717) is 39.1 Å². The van der Waals surface area contributed by atoms with Crippen molar-refractivity contribution in [2.45, 2.75) is 25.4 Å². The molecule has 5 nitrogen and oxygen atoms in total. The summed E-state index contributed by atoms with van der Waals surface area (Å²) in [5, 5.41) is 18.5. The van der Waals surface area contributed by atoms with Gasteiger partial charge < -0.3 is 19.8 Å². The molecule has 16 heavy (non-hydrogen) atoms. The molecule has 6 heteroatoms. The molecule has 2 N–H and O–H groups in total. The highest BCUT2D eigenvalue weighted by molar-refractivity contribution is 5.85. The van der Waals surface area contributed by atoms with Crippen molar-refractivity contribution in [3.05, 3.63) is 0 Å². The molecule has 0 unspecified atom stereocenters. The maximum atomic E-state index is 10.7. The molecule has 1 saturated heterocycles. The quantitative estimate of drug-likeness (QED) is 0.693. The number of aliphatic carboxylic acids is 1. The molecule has 0 radical (unpaired) electrons. The highest BCUT2D eigenvalue weighted by Crippen LogP contribution is 2.21. The topological polar surface area (TPSA) is 70.0 Å². The smallest absolute Gasteiger partial charge is 0.335 e. The molecule has 1 aliphatic rings. The van der Waals surface area contributed by atoms with Crippen LogP contribution in [0.3, 0.4) is 0 Å². The third kappa shape index (κ3) is 4.25. The van der Waals surface area contributed by atoms with Crippen LogP contribution in [-0.4, -0.2) is 59.5 Å². The van der Waals surface area contributed by atoms with E-state index >= 15 is 0 Å². The van der Waals surface area contributed by atoms with Crippen molar-refractivity contribution in [2.75, 3.05) is 32.8 Å². The van der Waals surface area contributed by atoms with Gasteiger partial charge in [0.1, 0.15) is 0 Å². The average molecular weight is 254 g/mol. The predicted octanol–water partition coefficient (Wildman–Crippen LogP) is 0.356. The summed E-state index contributed by atoms with van der Waals surface area (Å²) in [6.45, 7) is 5.36. The van der Waals surface area contributed by atoms with E-state index in [4.69, 9.17) is 9.84 Å². The fourth-order valence-electron chi connectivity index (χ4n) is 1.70. The van der Waals surface area contributed by atoms with E-state index in [2.05, 4.69) is 4.90 Å². The lowest BCUT2D eigenvalue weighted by atomic mass is 9.92. The number of hydrogen-bond donors (Lipinski definition) is 2. The van der Waals surface area contributed by atoms with Gasteiger partial charge in [0.2, 0.25) is 0 Å². The molecular formula is C10H20ClNO4. The van der Waals surface area contributed by atoms with Gasteiger partial charge in [0.25, 0.3) is 0 Å². The van der Waals surface area contributed by atoms with E-state index in [0.717, 1.165) is 6.54 Å². The minimum atomic E-state index is -1.51. The molecule has 0 atom stereocenters. The van der Waals surface area contributed by atoms with E-state index in [1.165, 1.54) is 0 Å². The second-order valence-electron chi connectivity index (χ2n) is 3.88. The number of carboxylic acids is 1.